The summed E-state index contributed by atoms with van der Waals surface area (Å²) < 4.78 is 0.773. The van der Waals surface area contributed by atoms with Crippen LogP contribution in [0.5, 0.6) is 0 Å². The van der Waals surface area contributed by atoms with Crippen LogP contribution < -0.4 is 11.5 Å². The Bertz CT molecular complexity index is 1060. The van der Waals surface area contributed by atoms with E-state index in [0.29, 0.717) is 0 Å². The molecular formula is C22H31BrN8. The molecule has 0 fully saturated rings. The van der Waals surface area contributed by atoms with Gasteiger partial charge < -0.3 is 11.5 Å². The molecule has 4 N–H and O–H groups in total. The summed E-state index contributed by atoms with van der Waals surface area (Å²) in [6.45, 7) is 6.08. The molecule has 9 heteroatoms. The normalized spacial score (nSPS) is 9.61. The Balaban J connectivity index is 0.000000245. The van der Waals surface area contributed by atoms with Crippen LogP contribution in [0.15, 0.2) is 53.4 Å². The Morgan fingerprint density at radius 3 is 1.74 bits per heavy atom. The third kappa shape index (κ3) is 7.53. The van der Waals surface area contributed by atoms with Gasteiger partial charge in [-0.05, 0) is 65.5 Å². The Labute approximate surface area is 192 Å². The number of nitrogens with two attached hydrogens (primary N) is 2. The zero-order valence-electron chi connectivity index (χ0n) is 17.8. The van der Waals surface area contributed by atoms with Crippen LogP contribution >= 0.6 is 15.9 Å². The van der Waals surface area contributed by atoms with E-state index in [1.165, 1.54) is 20.7 Å². The van der Waals surface area contributed by atoms with Gasteiger partial charge in [-0.1, -0.05) is 31.7 Å². The van der Waals surface area contributed by atoms with Crippen LogP contribution in [0.3, 0.4) is 0 Å². The van der Waals surface area contributed by atoms with Gasteiger partial charge >= 0.3 is 0 Å². The van der Waals surface area contributed by atoms with Gasteiger partial charge in [0.25, 0.3) is 0 Å². The maximum Gasteiger partial charge on any atom is 0.148 e. The lowest BCUT2D eigenvalue weighted by molar-refractivity contribution is 0.651. The number of halogens is 1. The van der Waals surface area contributed by atoms with Gasteiger partial charge in [-0.15, -0.1) is 5.10 Å². The monoisotopic (exact) mass is 486 g/mol. The molecule has 0 bridgehead atoms. The van der Waals surface area contributed by atoms with E-state index in [-0.39, 0.29) is 7.43 Å². The molecule has 4 aromatic rings. The Morgan fingerprint density at radius 1 is 0.774 bits per heavy atom. The molecule has 0 aliphatic carbocycles. The fraction of sp³-hybridized carbons (Fsp3) is 0.273. The van der Waals surface area contributed by atoms with Gasteiger partial charge in [0.15, 0.2) is 0 Å². The molecule has 8 nitrogen and oxygen atoms in total. The second kappa shape index (κ2) is 11.8. The lowest BCUT2D eigenvalue weighted by Crippen LogP contribution is -1.94. The van der Waals surface area contributed by atoms with Crippen LogP contribution in [0.25, 0.3) is 11.3 Å². The van der Waals surface area contributed by atoms with Gasteiger partial charge in [-0.25, -0.2) is 0 Å². The van der Waals surface area contributed by atoms with Gasteiger partial charge in [0.05, 0.1) is 12.4 Å². The predicted molar refractivity (Wildman–Crippen MR) is 131 cm³/mol. The smallest absolute Gasteiger partial charge is 0.148 e. The molecule has 0 atom stereocenters. The van der Waals surface area contributed by atoms with Crippen molar-refractivity contribution in [2.24, 2.45) is 14.1 Å². The minimum absolute atomic E-state index is 0. The summed E-state index contributed by atoms with van der Waals surface area (Å²) in [6, 6.07) is 11.8. The number of hydrogen-bond donors (Lipinski definition) is 2. The van der Waals surface area contributed by atoms with Crippen molar-refractivity contribution in [3.8, 4) is 11.3 Å². The van der Waals surface area contributed by atoms with E-state index >= 15 is 0 Å². The number of nitrogen functional groups attached to an aromatic ring is 2. The highest BCUT2D eigenvalue weighted by Crippen LogP contribution is 2.24. The van der Waals surface area contributed by atoms with Crippen molar-refractivity contribution < 1.29 is 0 Å². The summed E-state index contributed by atoms with van der Waals surface area (Å²) in [5, 5.41) is 15.9. The highest BCUT2D eigenvalue weighted by Gasteiger charge is 2.06. The van der Waals surface area contributed by atoms with Crippen molar-refractivity contribution in [1.82, 2.24) is 30.0 Å². The third-order valence-corrected chi connectivity index (χ3v) is 4.83. The zero-order chi connectivity index (χ0) is 22.3. The van der Waals surface area contributed by atoms with Crippen LogP contribution in [0.2, 0.25) is 0 Å². The standard InChI is InChI=1S/C10H12N4.C8H11N.C3H4BrN3.CH4/c1-7-8(4-3-5-9(7)11)10-6-12-14(2)13-10;1-6-4-3-5-8(9)7(6)2;1-7-5-2-3(4)6-7;/h3-6H,11H2,1-2H3;3-5H,9H2,1-2H3;2H,1H3;1H4. The molecule has 0 aliphatic heterocycles. The highest BCUT2D eigenvalue weighted by atomic mass is 79.9. The topological polar surface area (TPSA) is 113 Å². The Kier molecular flexibility index (Phi) is 9.88. The highest BCUT2D eigenvalue weighted by molar-refractivity contribution is 9.10. The molecule has 2 heterocycles. The van der Waals surface area contributed by atoms with Crippen molar-refractivity contribution in [3.63, 3.8) is 0 Å². The first kappa shape index (κ1) is 25.8. The summed E-state index contributed by atoms with van der Waals surface area (Å²) in [7, 11) is 3.57. The number of nitrogens with zero attached hydrogens (tertiary/aromatic N) is 6. The second-order valence-electron chi connectivity index (χ2n) is 6.68. The molecule has 0 saturated carbocycles. The van der Waals surface area contributed by atoms with Crippen molar-refractivity contribution in [2.75, 3.05) is 11.5 Å². The molecule has 166 valence electrons. The molecule has 0 unspecified atom stereocenters. The number of aryl methyl sites for hydroxylation is 3. The van der Waals surface area contributed by atoms with Gasteiger partial charge in [-0.2, -0.15) is 24.9 Å². The van der Waals surface area contributed by atoms with Crippen molar-refractivity contribution in [1.29, 1.82) is 0 Å². The largest absolute Gasteiger partial charge is 0.399 e. The maximum absolute atomic E-state index is 5.81. The lowest BCUT2D eigenvalue weighted by Gasteiger charge is -2.04. The molecule has 2 aromatic carbocycles. The zero-order valence-corrected chi connectivity index (χ0v) is 19.4. The quantitative estimate of drug-likeness (QED) is 0.383. The molecular weight excluding hydrogens is 456 g/mol. The van der Waals surface area contributed by atoms with E-state index in [0.717, 1.165) is 32.8 Å². The summed E-state index contributed by atoms with van der Waals surface area (Å²) in [5.74, 6) is 0. The first-order valence-electron chi connectivity index (χ1n) is 9.24. The second-order valence-corrected chi connectivity index (χ2v) is 7.50. The van der Waals surface area contributed by atoms with Crippen LogP contribution in [0.1, 0.15) is 24.1 Å². The first-order chi connectivity index (χ1) is 14.2. The number of benzene rings is 2. The van der Waals surface area contributed by atoms with E-state index in [9.17, 15) is 0 Å². The summed E-state index contributed by atoms with van der Waals surface area (Å²) >= 11 is 3.14. The van der Waals surface area contributed by atoms with E-state index in [4.69, 9.17) is 11.5 Å². The SMILES string of the molecule is C.Cc1c(N)cccc1-c1cnn(C)n1.Cc1cccc(N)c1C.Cn1ncc(Br)n1. The number of aromatic nitrogens is 6. The van der Waals surface area contributed by atoms with E-state index in [2.05, 4.69) is 49.3 Å². The molecule has 0 radical (unpaired) electrons. The molecule has 0 spiro atoms. The van der Waals surface area contributed by atoms with Gasteiger partial charge in [0.1, 0.15) is 10.3 Å². The van der Waals surface area contributed by atoms with Crippen LogP contribution in [0, 0.1) is 20.8 Å². The van der Waals surface area contributed by atoms with E-state index < -0.39 is 0 Å². The molecule has 31 heavy (non-hydrogen) atoms. The van der Waals surface area contributed by atoms with Gasteiger partial charge in [0, 0.05) is 31.0 Å². The molecule has 0 saturated heterocycles. The van der Waals surface area contributed by atoms with E-state index in [1.807, 2.05) is 44.2 Å². The summed E-state index contributed by atoms with van der Waals surface area (Å²) in [5.41, 5.74) is 18.5. The van der Waals surface area contributed by atoms with Crippen molar-refractivity contribution in [3.05, 3.63) is 70.1 Å². The first-order valence-corrected chi connectivity index (χ1v) is 10.0. The van der Waals surface area contributed by atoms with Crippen LogP contribution in [-0.4, -0.2) is 30.0 Å². The van der Waals surface area contributed by atoms with Crippen LogP contribution in [0.4, 0.5) is 11.4 Å². The van der Waals surface area contributed by atoms with E-state index in [1.54, 1.807) is 26.5 Å². The molecule has 0 aliphatic rings. The average Bonchev–Trinajstić information content (AvgIpc) is 3.30. The van der Waals surface area contributed by atoms with Gasteiger partial charge in [0.2, 0.25) is 0 Å². The predicted octanol–water partition coefficient (Wildman–Crippen LogP) is 4.47. The fourth-order valence-electron chi connectivity index (χ4n) is 2.50. The molecule has 2 aromatic heterocycles. The minimum atomic E-state index is 0. The molecule has 4 rings (SSSR count). The summed E-state index contributed by atoms with van der Waals surface area (Å²) in [4.78, 5) is 3.03. The third-order valence-electron chi connectivity index (χ3n) is 4.47. The Morgan fingerprint density at radius 2 is 1.32 bits per heavy atom. The Hall–Kier alpha value is -3.20. The number of rotatable bonds is 1. The lowest BCUT2D eigenvalue weighted by atomic mass is 10.1. The molecule has 0 amide bonds. The van der Waals surface area contributed by atoms with Crippen molar-refractivity contribution >= 4 is 27.3 Å². The van der Waals surface area contributed by atoms with Gasteiger partial charge in [-0.3, -0.25) is 0 Å². The van der Waals surface area contributed by atoms with Crippen LogP contribution in [-0.2, 0) is 14.1 Å². The average molecular weight is 487 g/mol. The minimum Gasteiger partial charge on any atom is -0.399 e. The number of anilines is 2. The van der Waals surface area contributed by atoms with Crippen molar-refractivity contribution in [2.45, 2.75) is 28.2 Å². The summed E-state index contributed by atoms with van der Waals surface area (Å²) in [6.07, 6.45) is 3.38. The maximum atomic E-state index is 5.81. The fourth-order valence-corrected chi connectivity index (χ4v) is 2.82. The number of hydrogen-bond acceptors (Lipinski definition) is 6.